The lowest BCUT2D eigenvalue weighted by molar-refractivity contribution is -0.120. The molecule has 5 atom stereocenters. The number of hydrogen-bond donors (Lipinski definition) is 3. The standard InChI is InChI=1S/C25H35NO3/c1-17-6-5-8-18(12-17)14-21(27)10-11-22-23-15-19(13-20(23)16-24(22)28)7-3-4-9-25(29)26-2/h5-6,8,10-13,20-24,27-28H,3-4,7,9,14-16H2,1-2H3,(H,26,29)/t20-,21-,22+,23-,24+/m0/s1. The van der Waals surface area contributed by atoms with Crippen molar-refractivity contribution in [1.82, 2.24) is 5.32 Å². The first-order valence-corrected chi connectivity index (χ1v) is 11.0. The summed E-state index contributed by atoms with van der Waals surface area (Å²) in [4.78, 5) is 11.3. The van der Waals surface area contributed by atoms with Crippen LogP contribution >= 0.6 is 0 Å². The van der Waals surface area contributed by atoms with Crippen LogP contribution in [0.25, 0.3) is 0 Å². The van der Waals surface area contributed by atoms with Crippen molar-refractivity contribution in [2.24, 2.45) is 17.8 Å². The molecule has 4 nitrogen and oxygen atoms in total. The first-order chi connectivity index (χ1) is 14.0. The van der Waals surface area contributed by atoms with Gasteiger partial charge in [-0.1, -0.05) is 53.6 Å². The molecule has 3 rings (SSSR count). The maximum Gasteiger partial charge on any atom is 0.219 e. The summed E-state index contributed by atoms with van der Waals surface area (Å²) in [6.07, 6.45) is 11.5. The Bertz CT molecular complexity index is 754. The summed E-state index contributed by atoms with van der Waals surface area (Å²) in [5, 5.41) is 23.6. The minimum absolute atomic E-state index is 0.111. The van der Waals surface area contributed by atoms with Crippen LogP contribution < -0.4 is 5.32 Å². The monoisotopic (exact) mass is 397 g/mol. The average Bonchev–Trinajstić information content (AvgIpc) is 3.19. The Morgan fingerprint density at radius 1 is 1.34 bits per heavy atom. The minimum atomic E-state index is -0.526. The van der Waals surface area contributed by atoms with E-state index in [1.54, 1.807) is 7.05 Å². The molecule has 0 bridgehead atoms. The van der Waals surface area contributed by atoms with Crippen molar-refractivity contribution < 1.29 is 15.0 Å². The topological polar surface area (TPSA) is 69.6 Å². The van der Waals surface area contributed by atoms with Gasteiger partial charge in [0.2, 0.25) is 5.91 Å². The summed E-state index contributed by atoms with van der Waals surface area (Å²) in [7, 11) is 1.68. The van der Waals surface area contributed by atoms with Gasteiger partial charge < -0.3 is 15.5 Å². The van der Waals surface area contributed by atoms with Gasteiger partial charge in [0.1, 0.15) is 0 Å². The molecule has 0 heterocycles. The van der Waals surface area contributed by atoms with E-state index < -0.39 is 6.10 Å². The van der Waals surface area contributed by atoms with Gasteiger partial charge in [-0.25, -0.2) is 0 Å². The van der Waals surface area contributed by atoms with E-state index in [1.807, 2.05) is 18.2 Å². The smallest absolute Gasteiger partial charge is 0.219 e. The Hall–Kier alpha value is -1.91. The highest BCUT2D eigenvalue weighted by Crippen LogP contribution is 2.48. The van der Waals surface area contributed by atoms with Crippen molar-refractivity contribution in [2.75, 3.05) is 7.05 Å². The van der Waals surface area contributed by atoms with Crippen LogP contribution in [-0.2, 0) is 11.2 Å². The number of unbranched alkanes of at least 4 members (excludes halogenated alkanes) is 1. The van der Waals surface area contributed by atoms with Crippen molar-refractivity contribution in [1.29, 1.82) is 0 Å². The number of carbonyl (C=O) groups is 1. The van der Waals surface area contributed by atoms with Crippen LogP contribution in [0.1, 0.15) is 49.7 Å². The van der Waals surface area contributed by atoms with Gasteiger partial charge in [-0.15, -0.1) is 0 Å². The Morgan fingerprint density at radius 2 is 2.17 bits per heavy atom. The number of fused-ring (bicyclic) bond motifs is 1. The van der Waals surface area contributed by atoms with Gasteiger partial charge in [-0.05, 0) is 56.4 Å². The second-order valence-electron chi connectivity index (χ2n) is 8.76. The first kappa shape index (κ1) is 21.8. The van der Waals surface area contributed by atoms with Gasteiger partial charge in [0.25, 0.3) is 0 Å². The number of hydrogen-bond acceptors (Lipinski definition) is 3. The highest BCUT2D eigenvalue weighted by Gasteiger charge is 2.43. The number of aliphatic hydroxyl groups is 2. The van der Waals surface area contributed by atoms with E-state index in [0.717, 1.165) is 37.7 Å². The lowest BCUT2D eigenvalue weighted by Gasteiger charge is -2.19. The Morgan fingerprint density at radius 3 is 2.93 bits per heavy atom. The van der Waals surface area contributed by atoms with E-state index in [1.165, 1.54) is 11.1 Å². The molecule has 3 N–H and O–H groups in total. The van der Waals surface area contributed by atoms with E-state index in [-0.39, 0.29) is 17.9 Å². The molecule has 1 saturated carbocycles. The Balaban J connectivity index is 1.49. The van der Waals surface area contributed by atoms with Gasteiger partial charge >= 0.3 is 0 Å². The molecule has 1 amide bonds. The van der Waals surface area contributed by atoms with Crippen LogP contribution in [0.3, 0.4) is 0 Å². The molecule has 0 spiro atoms. The average molecular weight is 398 g/mol. The lowest BCUT2D eigenvalue weighted by atomic mass is 9.88. The number of allylic oxidation sites excluding steroid dienone is 2. The fourth-order valence-corrected chi connectivity index (χ4v) is 4.96. The zero-order valence-corrected chi connectivity index (χ0v) is 17.7. The van der Waals surface area contributed by atoms with Crippen molar-refractivity contribution in [3.8, 4) is 0 Å². The van der Waals surface area contributed by atoms with Crippen molar-refractivity contribution in [3.63, 3.8) is 0 Å². The molecule has 1 aromatic rings. The largest absolute Gasteiger partial charge is 0.392 e. The molecule has 158 valence electrons. The van der Waals surface area contributed by atoms with Crippen molar-refractivity contribution >= 4 is 5.91 Å². The number of amides is 1. The Labute approximate surface area is 174 Å². The summed E-state index contributed by atoms with van der Waals surface area (Å²) in [6.45, 7) is 2.06. The van der Waals surface area contributed by atoms with Gasteiger partial charge in [0.15, 0.2) is 0 Å². The molecule has 0 unspecified atom stereocenters. The fourth-order valence-electron chi connectivity index (χ4n) is 4.96. The number of benzene rings is 1. The van der Waals surface area contributed by atoms with E-state index in [4.69, 9.17) is 0 Å². The number of aliphatic hydroxyl groups excluding tert-OH is 2. The summed E-state index contributed by atoms with van der Waals surface area (Å²) < 4.78 is 0. The van der Waals surface area contributed by atoms with Crippen LogP contribution in [0.15, 0.2) is 48.1 Å². The number of carbonyl (C=O) groups excluding carboxylic acids is 1. The molecule has 0 radical (unpaired) electrons. The highest BCUT2D eigenvalue weighted by atomic mass is 16.3. The lowest BCUT2D eigenvalue weighted by Crippen LogP contribution is -2.18. The molecular weight excluding hydrogens is 362 g/mol. The molecule has 2 aliphatic carbocycles. The summed E-state index contributed by atoms with van der Waals surface area (Å²) in [5.74, 6) is 1.12. The zero-order chi connectivity index (χ0) is 20.8. The maximum absolute atomic E-state index is 11.3. The fraction of sp³-hybridized carbons (Fsp3) is 0.560. The molecule has 2 aliphatic rings. The van der Waals surface area contributed by atoms with Gasteiger partial charge in [0.05, 0.1) is 12.2 Å². The maximum atomic E-state index is 11.3. The van der Waals surface area contributed by atoms with E-state index in [2.05, 4.69) is 36.5 Å². The molecule has 0 saturated heterocycles. The highest BCUT2D eigenvalue weighted by molar-refractivity contribution is 5.75. The van der Waals surface area contributed by atoms with Gasteiger partial charge in [0, 0.05) is 25.8 Å². The summed E-state index contributed by atoms with van der Waals surface area (Å²) in [6, 6.07) is 8.23. The number of rotatable bonds is 9. The van der Waals surface area contributed by atoms with Crippen LogP contribution in [-0.4, -0.2) is 35.4 Å². The van der Waals surface area contributed by atoms with E-state index in [0.29, 0.717) is 24.7 Å². The predicted octanol–water partition coefficient (Wildman–Crippen LogP) is 3.70. The number of nitrogens with one attached hydrogen (secondary N) is 1. The molecule has 1 aromatic carbocycles. The Kier molecular flexibility index (Phi) is 7.68. The molecular formula is C25H35NO3. The van der Waals surface area contributed by atoms with Gasteiger partial charge in [-0.2, -0.15) is 0 Å². The van der Waals surface area contributed by atoms with Crippen LogP contribution in [0, 0.1) is 24.7 Å². The van der Waals surface area contributed by atoms with Crippen molar-refractivity contribution in [3.05, 3.63) is 59.2 Å². The van der Waals surface area contributed by atoms with Crippen LogP contribution in [0.2, 0.25) is 0 Å². The third-order valence-electron chi connectivity index (χ3n) is 6.46. The molecule has 29 heavy (non-hydrogen) atoms. The molecule has 1 fully saturated rings. The van der Waals surface area contributed by atoms with E-state index in [9.17, 15) is 15.0 Å². The predicted molar refractivity (Wildman–Crippen MR) is 116 cm³/mol. The molecule has 4 heteroatoms. The number of aryl methyl sites for hydroxylation is 1. The first-order valence-electron chi connectivity index (χ1n) is 11.0. The molecule has 0 aliphatic heterocycles. The second-order valence-corrected chi connectivity index (χ2v) is 8.76. The van der Waals surface area contributed by atoms with Crippen molar-refractivity contribution in [2.45, 2.75) is 64.1 Å². The van der Waals surface area contributed by atoms with Crippen LogP contribution in [0.5, 0.6) is 0 Å². The van der Waals surface area contributed by atoms with E-state index >= 15 is 0 Å². The third-order valence-corrected chi connectivity index (χ3v) is 6.46. The minimum Gasteiger partial charge on any atom is -0.392 e. The SMILES string of the molecule is CNC(=O)CCCCC1=C[C@H]2C[C@@H](O)[C@H](C=C[C@H](O)Cc3cccc(C)c3)[C@H]2C1. The van der Waals surface area contributed by atoms with Crippen LogP contribution in [0.4, 0.5) is 0 Å². The summed E-state index contributed by atoms with van der Waals surface area (Å²) in [5.41, 5.74) is 3.81. The zero-order valence-electron chi connectivity index (χ0n) is 17.7. The summed E-state index contributed by atoms with van der Waals surface area (Å²) >= 11 is 0. The molecule has 0 aromatic heterocycles. The quantitative estimate of drug-likeness (QED) is 0.439. The second kappa shape index (κ2) is 10.2. The normalized spacial score (nSPS) is 27.1. The van der Waals surface area contributed by atoms with Gasteiger partial charge in [-0.3, -0.25) is 4.79 Å². The third kappa shape index (κ3) is 6.03.